The molecule has 0 radical (unpaired) electrons. The van der Waals surface area contributed by atoms with Gasteiger partial charge in [-0.1, -0.05) is 48.9 Å². The van der Waals surface area contributed by atoms with E-state index in [2.05, 4.69) is 10.2 Å². The van der Waals surface area contributed by atoms with E-state index < -0.39 is 5.82 Å². The first-order valence-corrected chi connectivity index (χ1v) is 7.98. The molecule has 2 aromatic carbocycles. The molecule has 0 unspecified atom stereocenters. The van der Waals surface area contributed by atoms with Crippen LogP contribution in [-0.2, 0) is 11.3 Å². The standard InChI is InChI=1S/C18H20ClFN2O/c1-2-22(13-14-7-3-4-8-15(14)19)12-11-18(23)21-17-10-6-5-9-16(17)20/h3-10H,2,11-13H2,1H3,(H,21,23). The second kappa shape index (κ2) is 8.65. The average Bonchev–Trinajstić information content (AvgIpc) is 2.55. The third kappa shape index (κ3) is 5.34. The smallest absolute Gasteiger partial charge is 0.225 e. The molecule has 2 aromatic rings. The summed E-state index contributed by atoms with van der Waals surface area (Å²) in [6, 6.07) is 13.8. The van der Waals surface area contributed by atoms with Crippen molar-refractivity contribution in [3.63, 3.8) is 0 Å². The van der Waals surface area contributed by atoms with Gasteiger partial charge in [0, 0.05) is 24.5 Å². The number of benzene rings is 2. The monoisotopic (exact) mass is 334 g/mol. The van der Waals surface area contributed by atoms with Gasteiger partial charge in [0.15, 0.2) is 0 Å². The minimum atomic E-state index is -0.427. The number of rotatable bonds is 7. The van der Waals surface area contributed by atoms with Crippen molar-refractivity contribution in [3.8, 4) is 0 Å². The van der Waals surface area contributed by atoms with E-state index in [-0.39, 0.29) is 11.6 Å². The third-order valence-corrected chi connectivity index (χ3v) is 3.97. The highest BCUT2D eigenvalue weighted by atomic mass is 35.5. The van der Waals surface area contributed by atoms with E-state index in [4.69, 9.17) is 11.6 Å². The predicted molar refractivity (Wildman–Crippen MR) is 92.0 cm³/mol. The fourth-order valence-corrected chi connectivity index (χ4v) is 2.45. The van der Waals surface area contributed by atoms with Crippen molar-refractivity contribution >= 4 is 23.2 Å². The van der Waals surface area contributed by atoms with Crippen LogP contribution in [0.15, 0.2) is 48.5 Å². The number of halogens is 2. The average molecular weight is 335 g/mol. The lowest BCUT2D eigenvalue weighted by Gasteiger charge is -2.20. The molecule has 0 fully saturated rings. The quantitative estimate of drug-likeness (QED) is 0.817. The molecule has 0 aliphatic heterocycles. The van der Waals surface area contributed by atoms with Gasteiger partial charge in [-0.05, 0) is 30.3 Å². The Morgan fingerprint density at radius 3 is 2.57 bits per heavy atom. The van der Waals surface area contributed by atoms with Gasteiger partial charge in [-0.3, -0.25) is 9.69 Å². The first kappa shape index (κ1) is 17.4. The number of para-hydroxylation sites is 1. The first-order valence-electron chi connectivity index (χ1n) is 7.60. The summed E-state index contributed by atoms with van der Waals surface area (Å²) in [6.07, 6.45) is 0.298. The summed E-state index contributed by atoms with van der Waals surface area (Å²) in [7, 11) is 0. The van der Waals surface area contributed by atoms with E-state index in [9.17, 15) is 9.18 Å². The molecule has 23 heavy (non-hydrogen) atoms. The van der Waals surface area contributed by atoms with Gasteiger partial charge in [-0.2, -0.15) is 0 Å². The number of hydrogen-bond acceptors (Lipinski definition) is 2. The van der Waals surface area contributed by atoms with Crippen LogP contribution >= 0.6 is 11.6 Å². The molecule has 0 heterocycles. The van der Waals surface area contributed by atoms with Crippen LogP contribution in [0.5, 0.6) is 0 Å². The molecule has 2 rings (SSSR count). The maximum atomic E-state index is 13.5. The molecular weight excluding hydrogens is 315 g/mol. The van der Waals surface area contributed by atoms with E-state index in [0.717, 1.165) is 17.1 Å². The highest BCUT2D eigenvalue weighted by Gasteiger charge is 2.10. The van der Waals surface area contributed by atoms with Gasteiger partial charge in [0.1, 0.15) is 5.82 Å². The summed E-state index contributed by atoms with van der Waals surface area (Å²) >= 11 is 6.17. The van der Waals surface area contributed by atoms with Crippen molar-refractivity contribution in [2.24, 2.45) is 0 Å². The Balaban J connectivity index is 1.87. The van der Waals surface area contributed by atoms with Crippen LogP contribution in [0, 0.1) is 5.82 Å². The van der Waals surface area contributed by atoms with Gasteiger partial charge < -0.3 is 5.32 Å². The van der Waals surface area contributed by atoms with Crippen molar-refractivity contribution < 1.29 is 9.18 Å². The summed E-state index contributed by atoms with van der Waals surface area (Å²) in [4.78, 5) is 14.1. The van der Waals surface area contributed by atoms with Gasteiger partial charge in [0.2, 0.25) is 5.91 Å². The summed E-state index contributed by atoms with van der Waals surface area (Å²) in [5.41, 5.74) is 1.25. The zero-order chi connectivity index (χ0) is 16.7. The van der Waals surface area contributed by atoms with Gasteiger partial charge in [0.05, 0.1) is 5.69 Å². The lowest BCUT2D eigenvalue weighted by Crippen LogP contribution is -2.27. The number of carbonyl (C=O) groups excluding carboxylic acids is 1. The van der Waals surface area contributed by atoms with Crippen LogP contribution in [0.4, 0.5) is 10.1 Å². The number of carbonyl (C=O) groups is 1. The topological polar surface area (TPSA) is 32.3 Å². The first-order chi connectivity index (χ1) is 11.1. The SMILES string of the molecule is CCN(CCC(=O)Nc1ccccc1F)Cc1ccccc1Cl. The predicted octanol–water partition coefficient (Wildman–Crippen LogP) is 4.33. The van der Waals surface area contributed by atoms with Crippen molar-refractivity contribution in [1.82, 2.24) is 4.90 Å². The van der Waals surface area contributed by atoms with Crippen molar-refractivity contribution in [2.75, 3.05) is 18.4 Å². The highest BCUT2D eigenvalue weighted by Crippen LogP contribution is 2.17. The lowest BCUT2D eigenvalue weighted by atomic mass is 10.2. The second-order valence-corrected chi connectivity index (χ2v) is 5.65. The fourth-order valence-electron chi connectivity index (χ4n) is 2.25. The number of nitrogens with one attached hydrogen (secondary N) is 1. The third-order valence-electron chi connectivity index (χ3n) is 3.60. The number of nitrogens with zero attached hydrogens (tertiary/aromatic N) is 1. The Morgan fingerprint density at radius 2 is 1.87 bits per heavy atom. The van der Waals surface area contributed by atoms with Gasteiger partial charge >= 0.3 is 0 Å². The molecule has 0 atom stereocenters. The van der Waals surface area contributed by atoms with Gasteiger partial charge in [-0.25, -0.2) is 4.39 Å². The molecular formula is C18H20ClFN2O. The Kier molecular flexibility index (Phi) is 6.56. The Labute approximate surface area is 141 Å². The van der Waals surface area contributed by atoms with Gasteiger partial charge in [-0.15, -0.1) is 0 Å². The normalized spacial score (nSPS) is 10.8. The van der Waals surface area contributed by atoms with Crippen LogP contribution in [0.2, 0.25) is 5.02 Å². The Hall–Kier alpha value is -1.91. The highest BCUT2D eigenvalue weighted by molar-refractivity contribution is 6.31. The van der Waals surface area contributed by atoms with Crippen molar-refractivity contribution in [1.29, 1.82) is 0 Å². The molecule has 1 amide bonds. The van der Waals surface area contributed by atoms with Crippen LogP contribution in [0.3, 0.4) is 0 Å². The van der Waals surface area contributed by atoms with Crippen LogP contribution < -0.4 is 5.32 Å². The van der Waals surface area contributed by atoms with E-state index in [1.54, 1.807) is 18.2 Å². The fraction of sp³-hybridized carbons (Fsp3) is 0.278. The summed E-state index contributed by atoms with van der Waals surface area (Å²) in [6.45, 7) is 4.11. The zero-order valence-corrected chi connectivity index (χ0v) is 13.8. The minimum Gasteiger partial charge on any atom is -0.324 e. The lowest BCUT2D eigenvalue weighted by molar-refractivity contribution is -0.116. The van der Waals surface area contributed by atoms with Crippen molar-refractivity contribution in [2.45, 2.75) is 19.9 Å². The molecule has 1 N–H and O–H groups in total. The minimum absolute atomic E-state index is 0.201. The Morgan fingerprint density at radius 1 is 1.17 bits per heavy atom. The van der Waals surface area contributed by atoms with Crippen LogP contribution in [0.25, 0.3) is 0 Å². The van der Waals surface area contributed by atoms with Crippen LogP contribution in [-0.4, -0.2) is 23.9 Å². The molecule has 0 saturated carbocycles. The molecule has 0 aromatic heterocycles. The number of anilines is 1. The summed E-state index contributed by atoms with van der Waals surface area (Å²) in [5, 5.41) is 3.32. The Bertz CT molecular complexity index is 663. The molecule has 0 spiro atoms. The molecule has 3 nitrogen and oxygen atoms in total. The van der Waals surface area contributed by atoms with Crippen LogP contribution in [0.1, 0.15) is 18.9 Å². The van der Waals surface area contributed by atoms with Crippen molar-refractivity contribution in [3.05, 3.63) is 64.9 Å². The molecule has 5 heteroatoms. The molecule has 0 bridgehead atoms. The summed E-state index contributed by atoms with van der Waals surface area (Å²) < 4.78 is 13.5. The second-order valence-electron chi connectivity index (χ2n) is 5.24. The van der Waals surface area contributed by atoms with E-state index in [1.807, 2.05) is 31.2 Å². The van der Waals surface area contributed by atoms with Gasteiger partial charge in [0.25, 0.3) is 0 Å². The molecule has 0 aliphatic carbocycles. The number of amides is 1. The summed E-state index contributed by atoms with van der Waals surface area (Å²) in [5.74, 6) is -0.628. The van der Waals surface area contributed by atoms with E-state index in [0.29, 0.717) is 19.5 Å². The maximum absolute atomic E-state index is 13.5. The molecule has 0 aliphatic rings. The van der Waals surface area contributed by atoms with E-state index in [1.165, 1.54) is 6.07 Å². The largest absolute Gasteiger partial charge is 0.324 e. The molecule has 0 saturated heterocycles. The molecule has 122 valence electrons. The van der Waals surface area contributed by atoms with E-state index >= 15 is 0 Å². The zero-order valence-electron chi connectivity index (χ0n) is 13.1. The number of hydrogen-bond donors (Lipinski definition) is 1. The maximum Gasteiger partial charge on any atom is 0.225 e.